The zero-order valence-corrected chi connectivity index (χ0v) is 20.9. The average molecular weight is 478 g/mol. The van der Waals surface area contributed by atoms with Gasteiger partial charge in [0.1, 0.15) is 5.52 Å². The second-order valence-corrected chi connectivity index (χ2v) is 9.86. The van der Waals surface area contributed by atoms with Crippen LogP contribution in [0.25, 0.3) is 11.1 Å². The summed E-state index contributed by atoms with van der Waals surface area (Å²) in [5, 5.41) is 3.38. The van der Waals surface area contributed by atoms with Gasteiger partial charge in [-0.2, -0.15) is 4.98 Å². The Labute approximate surface area is 206 Å². The molecule has 4 heterocycles. The van der Waals surface area contributed by atoms with Crippen molar-refractivity contribution in [3.63, 3.8) is 0 Å². The fraction of sp³-hybridized carbons (Fsp3) is 0.500. The third-order valence-corrected chi connectivity index (χ3v) is 7.04. The lowest BCUT2D eigenvalue weighted by atomic mass is 9.96. The summed E-state index contributed by atoms with van der Waals surface area (Å²) in [6, 6.07) is 10.2. The molecule has 2 saturated heterocycles. The highest BCUT2D eigenvalue weighted by molar-refractivity contribution is 5.85. The van der Waals surface area contributed by atoms with Gasteiger partial charge in [-0.15, -0.1) is 0 Å². The van der Waals surface area contributed by atoms with Crippen molar-refractivity contribution >= 4 is 40.1 Å². The zero-order valence-electron chi connectivity index (χ0n) is 20.9. The van der Waals surface area contributed by atoms with Gasteiger partial charge in [0, 0.05) is 70.2 Å². The van der Waals surface area contributed by atoms with Gasteiger partial charge in [0.05, 0.1) is 6.26 Å². The number of amides is 1. The summed E-state index contributed by atoms with van der Waals surface area (Å²) < 4.78 is 5.77. The number of carbonyl (C=O) groups excluding carboxylic acids is 1. The summed E-state index contributed by atoms with van der Waals surface area (Å²) in [6.07, 6.45) is 3.98. The van der Waals surface area contributed by atoms with E-state index in [9.17, 15) is 4.79 Å². The van der Waals surface area contributed by atoms with Gasteiger partial charge in [-0.25, -0.2) is 4.98 Å². The highest BCUT2D eigenvalue weighted by Gasteiger charge is 2.24. The van der Waals surface area contributed by atoms with E-state index in [4.69, 9.17) is 9.40 Å². The second kappa shape index (κ2) is 10.1. The Kier molecular flexibility index (Phi) is 6.77. The topological polar surface area (TPSA) is 81.0 Å². The number of nitrogens with one attached hydrogen (secondary N) is 1. The molecule has 1 N–H and O–H groups in total. The van der Waals surface area contributed by atoms with E-state index in [-0.39, 0.29) is 5.91 Å². The number of anilines is 4. The maximum absolute atomic E-state index is 11.6. The molecule has 2 aliphatic heterocycles. The van der Waals surface area contributed by atoms with Crippen molar-refractivity contribution in [2.75, 3.05) is 75.0 Å². The molecule has 0 saturated carbocycles. The van der Waals surface area contributed by atoms with Crippen molar-refractivity contribution in [3.8, 4) is 0 Å². The Morgan fingerprint density at radius 2 is 1.71 bits per heavy atom. The SMILES string of the molecule is CC(=O)N1CCN(c2ccc(Nc3nc(N4CCC(CN(C)C)CC4)c4occc4n3)cc2)CC1. The minimum atomic E-state index is 0.149. The number of aromatic nitrogens is 2. The summed E-state index contributed by atoms with van der Waals surface area (Å²) in [5.74, 6) is 2.31. The smallest absolute Gasteiger partial charge is 0.229 e. The van der Waals surface area contributed by atoms with E-state index in [2.05, 4.69) is 63.4 Å². The Hall–Kier alpha value is -3.33. The number of benzene rings is 1. The van der Waals surface area contributed by atoms with Gasteiger partial charge in [0.15, 0.2) is 11.4 Å². The van der Waals surface area contributed by atoms with Crippen LogP contribution in [0.5, 0.6) is 0 Å². The average Bonchev–Trinajstić information content (AvgIpc) is 3.33. The predicted molar refractivity (Wildman–Crippen MR) is 139 cm³/mol. The molecule has 3 aromatic rings. The van der Waals surface area contributed by atoms with E-state index in [1.165, 1.54) is 0 Å². The number of fused-ring (bicyclic) bond motifs is 1. The highest BCUT2D eigenvalue weighted by atomic mass is 16.3. The van der Waals surface area contributed by atoms with Crippen LogP contribution in [0, 0.1) is 5.92 Å². The van der Waals surface area contributed by atoms with Crippen LogP contribution in [-0.4, -0.2) is 85.6 Å². The Morgan fingerprint density at radius 1 is 1.00 bits per heavy atom. The maximum atomic E-state index is 11.6. The van der Waals surface area contributed by atoms with Crippen molar-refractivity contribution in [2.45, 2.75) is 19.8 Å². The number of hydrogen-bond acceptors (Lipinski definition) is 8. The van der Waals surface area contributed by atoms with Crippen LogP contribution < -0.4 is 15.1 Å². The van der Waals surface area contributed by atoms with Crippen molar-refractivity contribution in [1.82, 2.24) is 19.8 Å². The maximum Gasteiger partial charge on any atom is 0.229 e. The van der Waals surface area contributed by atoms with E-state index in [1.54, 1.807) is 13.2 Å². The molecule has 0 radical (unpaired) electrons. The molecule has 0 atom stereocenters. The summed E-state index contributed by atoms with van der Waals surface area (Å²) in [5.41, 5.74) is 3.66. The Balaban J connectivity index is 1.27. The number of rotatable bonds is 6. The molecule has 1 amide bonds. The molecular formula is C26H35N7O2. The molecule has 0 spiro atoms. The first-order valence-corrected chi connectivity index (χ1v) is 12.5. The van der Waals surface area contributed by atoms with Crippen LogP contribution in [0.15, 0.2) is 41.0 Å². The van der Waals surface area contributed by atoms with Crippen LogP contribution in [-0.2, 0) is 4.79 Å². The Morgan fingerprint density at radius 3 is 2.37 bits per heavy atom. The molecule has 2 aliphatic rings. The number of carbonyl (C=O) groups is 1. The molecule has 1 aromatic carbocycles. The second-order valence-electron chi connectivity index (χ2n) is 9.86. The van der Waals surface area contributed by atoms with Gasteiger partial charge in [0.25, 0.3) is 0 Å². The molecule has 2 fully saturated rings. The normalized spacial score (nSPS) is 17.4. The fourth-order valence-electron chi connectivity index (χ4n) is 5.13. The molecule has 5 rings (SSSR count). The molecule has 186 valence electrons. The van der Waals surface area contributed by atoms with Gasteiger partial charge >= 0.3 is 0 Å². The van der Waals surface area contributed by atoms with Crippen LogP contribution in [0.3, 0.4) is 0 Å². The molecule has 9 heteroatoms. The van der Waals surface area contributed by atoms with Gasteiger partial charge in [-0.05, 0) is 57.1 Å². The fourth-order valence-corrected chi connectivity index (χ4v) is 5.13. The standard InChI is InChI=1S/C26H35N7O2/c1-19(34)31-13-15-32(16-14-31)22-6-4-21(5-7-22)27-26-28-23-10-17-35-24(23)25(29-26)33-11-8-20(9-12-33)18-30(2)3/h4-7,10,17,20H,8-9,11-16,18H2,1-3H3,(H,27,28,29). The first-order valence-electron chi connectivity index (χ1n) is 12.5. The Bertz CT molecular complexity index is 1140. The minimum Gasteiger partial charge on any atom is -0.459 e. The molecular weight excluding hydrogens is 442 g/mol. The summed E-state index contributed by atoms with van der Waals surface area (Å²) in [7, 11) is 4.28. The summed E-state index contributed by atoms with van der Waals surface area (Å²) in [4.78, 5) is 29.9. The van der Waals surface area contributed by atoms with Crippen molar-refractivity contribution in [1.29, 1.82) is 0 Å². The van der Waals surface area contributed by atoms with Gasteiger partial charge in [-0.3, -0.25) is 4.79 Å². The number of furan rings is 1. The third kappa shape index (κ3) is 5.35. The highest BCUT2D eigenvalue weighted by Crippen LogP contribution is 2.31. The first kappa shape index (κ1) is 23.4. The number of piperidine rings is 1. The largest absolute Gasteiger partial charge is 0.459 e. The minimum absolute atomic E-state index is 0.149. The lowest BCUT2D eigenvalue weighted by Gasteiger charge is -2.35. The van der Waals surface area contributed by atoms with Crippen molar-refractivity contribution in [2.24, 2.45) is 5.92 Å². The van der Waals surface area contributed by atoms with Crippen LogP contribution in [0.1, 0.15) is 19.8 Å². The molecule has 0 unspecified atom stereocenters. The molecule has 2 aromatic heterocycles. The monoisotopic (exact) mass is 477 g/mol. The summed E-state index contributed by atoms with van der Waals surface area (Å²) in [6.45, 7) is 7.93. The zero-order chi connectivity index (χ0) is 24.4. The molecule has 0 bridgehead atoms. The van der Waals surface area contributed by atoms with Crippen LogP contribution in [0.4, 0.5) is 23.1 Å². The number of piperazine rings is 1. The van der Waals surface area contributed by atoms with E-state index in [0.717, 1.165) is 92.9 Å². The van der Waals surface area contributed by atoms with E-state index in [1.807, 2.05) is 11.0 Å². The van der Waals surface area contributed by atoms with Gasteiger partial charge in [0.2, 0.25) is 11.9 Å². The van der Waals surface area contributed by atoms with E-state index < -0.39 is 0 Å². The van der Waals surface area contributed by atoms with Crippen LogP contribution in [0.2, 0.25) is 0 Å². The van der Waals surface area contributed by atoms with Crippen molar-refractivity contribution in [3.05, 3.63) is 36.6 Å². The molecule has 0 aliphatic carbocycles. The molecule has 9 nitrogen and oxygen atoms in total. The first-order chi connectivity index (χ1) is 17.0. The lowest BCUT2D eigenvalue weighted by Crippen LogP contribution is -2.48. The van der Waals surface area contributed by atoms with E-state index >= 15 is 0 Å². The van der Waals surface area contributed by atoms with Gasteiger partial charge in [-0.1, -0.05) is 0 Å². The number of nitrogens with zero attached hydrogens (tertiary/aromatic N) is 6. The lowest BCUT2D eigenvalue weighted by molar-refractivity contribution is -0.129. The molecule has 35 heavy (non-hydrogen) atoms. The number of hydrogen-bond donors (Lipinski definition) is 1. The summed E-state index contributed by atoms with van der Waals surface area (Å²) >= 11 is 0. The van der Waals surface area contributed by atoms with E-state index in [0.29, 0.717) is 5.95 Å². The quantitative estimate of drug-likeness (QED) is 0.579. The van der Waals surface area contributed by atoms with Crippen LogP contribution >= 0.6 is 0 Å². The van der Waals surface area contributed by atoms with Crippen molar-refractivity contribution < 1.29 is 9.21 Å². The third-order valence-electron chi connectivity index (χ3n) is 7.04. The van der Waals surface area contributed by atoms with Gasteiger partial charge < -0.3 is 29.3 Å². The predicted octanol–water partition coefficient (Wildman–Crippen LogP) is 3.41.